The van der Waals surface area contributed by atoms with Crippen molar-refractivity contribution in [1.82, 2.24) is 5.32 Å². The summed E-state index contributed by atoms with van der Waals surface area (Å²) < 4.78 is 11.0. The summed E-state index contributed by atoms with van der Waals surface area (Å²) in [6.07, 6.45) is 0. The molecular formula is C21H23N3O5. The number of hydrogen-bond acceptors (Lipinski definition) is 6. The molecule has 2 aromatic rings. The maximum Gasteiger partial charge on any atom is 0.256 e. The first-order valence-electron chi connectivity index (χ1n) is 9.57. The van der Waals surface area contributed by atoms with E-state index < -0.39 is 23.4 Å². The van der Waals surface area contributed by atoms with Gasteiger partial charge in [0.15, 0.2) is 17.0 Å². The molecule has 4 rings (SSSR count). The lowest BCUT2D eigenvalue weighted by Crippen LogP contribution is -2.54. The third-order valence-corrected chi connectivity index (χ3v) is 5.84. The second-order valence-corrected chi connectivity index (χ2v) is 7.34. The molecule has 8 nitrogen and oxygen atoms in total. The van der Waals surface area contributed by atoms with Crippen LogP contribution in [0.3, 0.4) is 0 Å². The molecule has 8 heteroatoms. The molecule has 1 fully saturated rings. The molecule has 0 unspecified atom stereocenters. The molecular weight excluding hydrogens is 374 g/mol. The van der Waals surface area contributed by atoms with Crippen molar-refractivity contribution in [3.05, 3.63) is 63.7 Å². The average Bonchev–Trinajstić information content (AvgIpc) is 3.17. The first-order chi connectivity index (χ1) is 13.9. The van der Waals surface area contributed by atoms with Gasteiger partial charge in [-0.1, -0.05) is 24.3 Å². The minimum atomic E-state index is -1.42. The Morgan fingerprint density at radius 1 is 1.21 bits per heavy atom. The van der Waals surface area contributed by atoms with E-state index in [2.05, 4.69) is 10.6 Å². The highest BCUT2D eigenvalue weighted by molar-refractivity contribution is 6.07. The van der Waals surface area contributed by atoms with Gasteiger partial charge in [-0.25, -0.2) is 0 Å². The number of nitrogens with zero attached hydrogens (tertiary/aromatic N) is 1. The minimum Gasteiger partial charge on any atom is -0.493 e. The van der Waals surface area contributed by atoms with Crippen LogP contribution >= 0.6 is 0 Å². The van der Waals surface area contributed by atoms with Crippen LogP contribution in [0.5, 0.6) is 11.5 Å². The van der Waals surface area contributed by atoms with Crippen LogP contribution in [0.25, 0.3) is 0 Å². The number of anilines is 1. The molecule has 0 saturated carbocycles. The molecule has 0 aromatic heterocycles. The molecule has 0 bridgehead atoms. The van der Waals surface area contributed by atoms with Crippen molar-refractivity contribution in [1.29, 1.82) is 0 Å². The van der Waals surface area contributed by atoms with Gasteiger partial charge in [-0.3, -0.25) is 20.2 Å². The summed E-state index contributed by atoms with van der Waals surface area (Å²) in [6, 6.07) is 11.0. The summed E-state index contributed by atoms with van der Waals surface area (Å²) >= 11 is 0. The van der Waals surface area contributed by atoms with Gasteiger partial charge in [-0.2, -0.15) is 0 Å². The Labute approximate surface area is 168 Å². The molecule has 4 atom stereocenters. The third kappa shape index (κ3) is 2.74. The number of amides is 1. The largest absolute Gasteiger partial charge is 0.493 e. The zero-order valence-corrected chi connectivity index (χ0v) is 16.5. The fourth-order valence-corrected chi connectivity index (χ4v) is 4.72. The zero-order valence-electron chi connectivity index (χ0n) is 16.5. The van der Waals surface area contributed by atoms with Crippen LogP contribution < -0.4 is 20.1 Å². The smallest absolute Gasteiger partial charge is 0.256 e. The van der Waals surface area contributed by atoms with E-state index in [-0.39, 0.29) is 11.0 Å². The first kappa shape index (κ1) is 19.2. The highest BCUT2D eigenvalue weighted by atomic mass is 16.6. The third-order valence-electron chi connectivity index (χ3n) is 5.84. The predicted octanol–water partition coefficient (Wildman–Crippen LogP) is 2.66. The van der Waals surface area contributed by atoms with Crippen molar-refractivity contribution in [3.63, 3.8) is 0 Å². The van der Waals surface area contributed by atoms with E-state index in [9.17, 15) is 14.9 Å². The molecule has 0 aliphatic carbocycles. The Morgan fingerprint density at radius 3 is 2.66 bits per heavy atom. The Balaban J connectivity index is 1.84. The maximum absolute atomic E-state index is 13.0. The number of rotatable bonds is 5. The number of benzene rings is 2. The Bertz CT molecular complexity index is 979. The van der Waals surface area contributed by atoms with Gasteiger partial charge in [0.25, 0.3) is 11.9 Å². The summed E-state index contributed by atoms with van der Waals surface area (Å²) in [5.41, 5.74) is 0.518. The fraction of sp³-hybridized carbons (Fsp3) is 0.381. The lowest BCUT2D eigenvalue weighted by molar-refractivity contribution is -0.532. The predicted molar refractivity (Wildman–Crippen MR) is 107 cm³/mol. The monoisotopic (exact) mass is 397 g/mol. The Morgan fingerprint density at radius 2 is 1.97 bits per heavy atom. The maximum atomic E-state index is 13.0. The van der Waals surface area contributed by atoms with Crippen LogP contribution in [0.1, 0.15) is 30.9 Å². The van der Waals surface area contributed by atoms with Gasteiger partial charge in [0, 0.05) is 22.2 Å². The van der Waals surface area contributed by atoms with E-state index in [0.29, 0.717) is 29.4 Å². The van der Waals surface area contributed by atoms with E-state index in [1.807, 2.05) is 19.9 Å². The van der Waals surface area contributed by atoms with Crippen LogP contribution in [-0.2, 0) is 10.3 Å². The van der Waals surface area contributed by atoms with Gasteiger partial charge < -0.3 is 14.8 Å². The number of fused-ring (bicyclic) bond motifs is 2. The van der Waals surface area contributed by atoms with E-state index in [4.69, 9.17) is 9.47 Å². The number of carbonyl (C=O) groups excluding carboxylic acids is 1. The topological polar surface area (TPSA) is 103 Å². The molecule has 1 saturated heterocycles. The van der Waals surface area contributed by atoms with Gasteiger partial charge in [-0.05, 0) is 37.6 Å². The zero-order chi connectivity index (χ0) is 20.8. The van der Waals surface area contributed by atoms with Gasteiger partial charge in [0.05, 0.1) is 19.6 Å². The highest BCUT2D eigenvalue weighted by Crippen LogP contribution is 2.50. The molecule has 152 valence electrons. The molecule has 0 radical (unpaired) electrons. The van der Waals surface area contributed by atoms with Gasteiger partial charge in [0.2, 0.25) is 0 Å². The molecule has 1 spiro atoms. The quantitative estimate of drug-likeness (QED) is 0.594. The van der Waals surface area contributed by atoms with E-state index in [0.717, 1.165) is 5.56 Å². The lowest BCUT2D eigenvalue weighted by Gasteiger charge is -2.25. The Hall–Kier alpha value is -3.13. The van der Waals surface area contributed by atoms with Crippen molar-refractivity contribution >= 4 is 11.6 Å². The molecule has 2 N–H and O–H groups in total. The number of ether oxygens (including phenoxy) is 2. The van der Waals surface area contributed by atoms with Gasteiger partial charge in [-0.15, -0.1) is 0 Å². The number of para-hydroxylation sites is 1. The lowest BCUT2D eigenvalue weighted by atomic mass is 9.78. The molecule has 1 amide bonds. The number of nitro groups is 1. The van der Waals surface area contributed by atoms with Gasteiger partial charge >= 0.3 is 0 Å². The number of carbonyl (C=O) groups is 1. The molecule has 29 heavy (non-hydrogen) atoms. The number of nitrogens with one attached hydrogen (secondary N) is 2. The summed E-state index contributed by atoms with van der Waals surface area (Å²) in [4.78, 5) is 25.0. The van der Waals surface area contributed by atoms with Crippen LogP contribution in [0.4, 0.5) is 5.69 Å². The van der Waals surface area contributed by atoms with Crippen molar-refractivity contribution in [2.75, 3.05) is 19.0 Å². The highest BCUT2D eigenvalue weighted by Gasteiger charge is 2.67. The van der Waals surface area contributed by atoms with Crippen molar-refractivity contribution < 1.29 is 19.2 Å². The summed E-state index contributed by atoms with van der Waals surface area (Å²) in [5, 5.41) is 18.4. The number of hydrogen-bond donors (Lipinski definition) is 2. The van der Waals surface area contributed by atoms with E-state index in [1.54, 1.807) is 36.4 Å². The summed E-state index contributed by atoms with van der Waals surface area (Å²) in [6.45, 7) is 4.22. The molecule has 2 aliphatic rings. The van der Waals surface area contributed by atoms with Crippen molar-refractivity contribution in [2.45, 2.75) is 37.4 Å². The second-order valence-electron chi connectivity index (χ2n) is 7.34. The van der Waals surface area contributed by atoms with Crippen LogP contribution in [0, 0.1) is 10.1 Å². The Kier molecular flexibility index (Phi) is 4.66. The fourth-order valence-electron chi connectivity index (χ4n) is 4.72. The average molecular weight is 397 g/mol. The van der Waals surface area contributed by atoms with Crippen LogP contribution in [-0.4, -0.2) is 36.6 Å². The van der Waals surface area contributed by atoms with Crippen molar-refractivity contribution in [3.8, 4) is 11.5 Å². The SMILES string of the molecule is CCOc1ccc([C@@H]2[C@H](C)N[C@]3(C(=O)Nc4ccccc43)[C@H]2[N+](=O)[O-])cc1OC. The first-order valence-corrected chi connectivity index (χ1v) is 9.57. The second kappa shape index (κ2) is 7.04. The standard InChI is InChI=1S/C21H23N3O5/c1-4-29-16-10-9-13(11-17(16)28-3)18-12(2)23-21(19(18)24(26)27)14-7-5-6-8-15(14)22-20(21)25/h5-12,18-19,23H,4H2,1-3H3,(H,22,25)/t12-,18-,19-,21-/m0/s1. The summed E-state index contributed by atoms with van der Waals surface area (Å²) in [5.74, 6) is 0.156. The molecule has 2 aliphatic heterocycles. The normalized spacial score (nSPS) is 27.6. The number of methoxy groups -OCH3 is 1. The minimum absolute atomic E-state index is 0.315. The summed E-state index contributed by atoms with van der Waals surface area (Å²) in [7, 11) is 1.53. The van der Waals surface area contributed by atoms with E-state index >= 15 is 0 Å². The van der Waals surface area contributed by atoms with Crippen molar-refractivity contribution in [2.24, 2.45) is 0 Å². The van der Waals surface area contributed by atoms with E-state index in [1.165, 1.54) is 7.11 Å². The molecule has 2 heterocycles. The molecule has 2 aromatic carbocycles. The van der Waals surface area contributed by atoms with Crippen LogP contribution in [0.15, 0.2) is 42.5 Å². The van der Waals surface area contributed by atoms with Gasteiger partial charge in [0.1, 0.15) is 0 Å². The van der Waals surface area contributed by atoms with Crippen LogP contribution in [0.2, 0.25) is 0 Å².